The molecule has 1 N–H and O–H groups in total. The van der Waals surface area contributed by atoms with Crippen LogP contribution in [0.4, 0.5) is 10.1 Å². The third-order valence-corrected chi connectivity index (χ3v) is 3.35. The van der Waals surface area contributed by atoms with Crippen molar-refractivity contribution >= 4 is 5.69 Å². The quantitative estimate of drug-likeness (QED) is 0.709. The van der Waals surface area contributed by atoms with E-state index in [1.165, 1.54) is 12.4 Å². The number of nitrogens with zero attached hydrogens (tertiary/aromatic N) is 4. The Morgan fingerprint density at radius 2 is 2.09 bits per heavy atom. The van der Waals surface area contributed by atoms with Crippen molar-refractivity contribution in [3.63, 3.8) is 0 Å². The summed E-state index contributed by atoms with van der Waals surface area (Å²) >= 11 is 0. The molecular weight excluding hydrogens is 297 g/mol. The third-order valence-electron chi connectivity index (χ3n) is 3.35. The normalized spacial score (nSPS) is 10.5. The number of nitrogens with one attached hydrogen (secondary N) is 1. The van der Waals surface area contributed by atoms with Crippen molar-refractivity contribution in [2.75, 3.05) is 18.5 Å². The number of para-hydroxylation sites is 1. The number of anilines is 1. The molecule has 0 amide bonds. The fraction of sp³-hybridized carbons (Fsp3) is 0.188. The maximum Gasteiger partial charge on any atom is 0.165 e. The van der Waals surface area contributed by atoms with Crippen molar-refractivity contribution in [3.8, 4) is 11.4 Å². The molecule has 1 aromatic heterocycles. The first-order chi connectivity index (χ1) is 11.2. The molecule has 0 aliphatic heterocycles. The van der Waals surface area contributed by atoms with Crippen molar-refractivity contribution in [1.82, 2.24) is 20.2 Å². The van der Waals surface area contributed by atoms with Crippen LogP contribution in [0.15, 0.2) is 48.8 Å². The number of tetrazole rings is 1. The van der Waals surface area contributed by atoms with Crippen LogP contribution >= 0.6 is 0 Å². The number of benzene rings is 2. The lowest BCUT2D eigenvalue weighted by Crippen LogP contribution is -2.13. The van der Waals surface area contributed by atoms with E-state index in [-0.39, 0.29) is 11.6 Å². The van der Waals surface area contributed by atoms with E-state index in [2.05, 4.69) is 20.8 Å². The lowest BCUT2D eigenvalue weighted by Gasteiger charge is -2.12. The number of hydrogen-bond acceptors (Lipinski definition) is 5. The third kappa shape index (κ3) is 3.63. The minimum absolute atomic E-state index is 0.258. The molecule has 6 nitrogen and oxygen atoms in total. The Bertz CT molecular complexity index is 776. The molecule has 0 aliphatic carbocycles. The lowest BCUT2D eigenvalue weighted by atomic mass is 10.2. The van der Waals surface area contributed by atoms with E-state index in [0.29, 0.717) is 13.2 Å². The summed E-state index contributed by atoms with van der Waals surface area (Å²) < 4.78 is 20.5. The van der Waals surface area contributed by atoms with Gasteiger partial charge in [0.05, 0.1) is 5.69 Å². The molecule has 0 spiro atoms. The van der Waals surface area contributed by atoms with Gasteiger partial charge in [0.15, 0.2) is 11.6 Å². The smallest absolute Gasteiger partial charge is 0.165 e. The van der Waals surface area contributed by atoms with Crippen LogP contribution in [0.1, 0.15) is 5.56 Å². The van der Waals surface area contributed by atoms with Crippen molar-refractivity contribution in [1.29, 1.82) is 0 Å². The SMILES string of the molecule is Cc1ccc(-n2cnnn2)cc1NCCOc1ccccc1F. The van der Waals surface area contributed by atoms with Crippen LogP contribution in [0.3, 0.4) is 0 Å². The van der Waals surface area contributed by atoms with Crippen molar-refractivity contribution in [2.24, 2.45) is 0 Å². The number of aromatic nitrogens is 4. The molecule has 0 fully saturated rings. The number of halogens is 1. The average molecular weight is 313 g/mol. The fourth-order valence-corrected chi connectivity index (χ4v) is 2.13. The Morgan fingerprint density at radius 1 is 1.22 bits per heavy atom. The summed E-state index contributed by atoms with van der Waals surface area (Å²) in [5, 5.41) is 14.4. The molecule has 23 heavy (non-hydrogen) atoms. The van der Waals surface area contributed by atoms with Crippen LogP contribution in [-0.4, -0.2) is 33.4 Å². The second-order valence-electron chi connectivity index (χ2n) is 4.96. The van der Waals surface area contributed by atoms with Crippen molar-refractivity contribution in [3.05, 3.63) is 60.2 Å². The number of hydrogen-bond donors (Lipinski definition) is 1. The van der Waals surface area contributed by atoms with Gasteiger partial charge < -0.3 is 10.1 Å². The highest BCUT2D eigenvalue weighted by molar-refractivity contribution is 5.56. The maximum atomic E-state index is 13.4. The average Bonchev–Trinajstić information content (AvgIpc) is 3.09. The van der Waals surface area contributed by atoms with Gasteiger partial charge >= 0.3 is 0 Å². The van der Waals surface area contributed by atoms with Crippen LogP contribution < -0.4 is 10.1 Å². The van der Waals surface area contributed by atoms with Gasteiger partial charge in [0.25, 0.3) is 0 Å². The van der Waals surface area contributed by atoms with E-state index in [1.807, 2.05) is 25.1 Å². The molecule has 0 saturated carbocycles. The second kappa shape index (κ2) is 6.87. The number of aryl methyl sites for hydroxylation is 1. The molecule has 0 radical (unpaired) electrons. The molecule has 3 rings (SSSR count). The van der Waals surface area contributed by atoms with E-state index < -0.39 is 0 Å². The van der Waals surface area contributed by atoms with Gasteiger partial charge in [-0.1, -0.05) is 18.2 Å². The predicted octanol–water partition coefficient (Wildman–Crippen LogP) is 2.60. The molecule has 0 aliphatic rings. The summed E-state index contributed by atoms with van der Waals surface area (Å²) in [5.74, 6) is -0.0992. The Hall–Kier alpha value is -2.96. The largest absolute Gasteiger partial charge is 0.489 e. The number of rotatable bonds is 6. The van der Waals surface area contributed by atoms with E-state index in [0.717, 1.165) is 16.9 Å². The van der Waals surface area contributed by atoms with Gasteiger partial charge in [0.1, 0.15) is 12.9 Å². The minimum Gasteiger partial charge on any atom is -0.489 e. The van der Waals surface area contributed by atoms with Crippen LogP contribution in [-0.2, 0) is 0 Å². The van der Waals surface area contributed by atoms with Gasteiger partial charge in [-0.25, -0.2) is 9.07 Å². The minimum atomic E-state index is -0.357. The zero-order valence-corrected chi connectivity index (χ0v) is 12.6. The second-order valence-corrected chi connectivity index (χ2v) is 4.96. The molecule has 7 heteroatoms. The molecular formula is C16H16FN5O. The summed E-state index contributed by atoms with van der Waals surface area (Å²) in [7, 11) is 0. The Morgan fingerprint density at radius 3 is 2.87 bits per heavy atom. The summed E-state index contributed by atoms with van der Waals surface area (Å²) in [6.07, 6.45) is 1.54. The summed E-state index contributed by atoms with van der Waals surface area (Å²) in [5.41, 5.74) is 2.90. The Kier molecular flexibility index (Phi) is 4.46. The summed E-state index contributed by atoms with van der Waals surface area (Å²) in [4.78, 5) is 0. The first-order valence-electron chi connectivity index (χ1n) is 7.19. The van der Waals surface area contributed by atoms with Crippen LogP contribution in [0.5, 0.6) is 5.75 Å². The van der Waals surface area contributed by atoms with Crippen LogP contribution in [0.2, 0.25) is 0 Å². The van der Waals surface area contributed by atoms with Gasteiger partial charge in [-0.2, -0.15) is 0 Å². The Balaban J connectivity index is 1.60. The van der Waals surface area contributed by atoms with Gasteiger partial charge in [-0.15, -0.1) is 5.10 Å². The molecule has 0 atom stereocenters. The van der Waals surface area contributed by atoms with Crippen LogP contribution in [0.25, 0.3) is 5.69 Å². The van der Waals surface area contributed by atoms with E-state index in [9.17, 15) is 4.39 Å². The first kappa shape index (κ1) is 15.0. The highest BCUT2D eigenvalue weighted by Crippen LogP contribution is 2.19. The molecule has 3 aromatic rings. The van der Waals surface area contributed by atoms with Gasteiger partial charge in [0.2, 0.25) is 0 Å². The zero-order chi connectivity index (χ0) is 16.1. The first-order valence-corrected chi connectivity index (χ1v) is 7.19. The highest BCUT2D eigenvalue weighted by Gasteiger charge is 2.04. The maximum absolute atomic E-state index is 13.4. The van der Waals surface area contributed by atoms with E-state index in [4.69, 9.17) is 4.74 Å². The topological polar surface area (TPSA) is 64.9 Å². The monoisotopic (exact) mass is 313 g/mol. The molecule has 1 heterocycles. The molecule has 0 saturated heterocycles. The number of ether oxygens (including phenoxy) is 1. The zero-order valence-electron chi connectivity index (χ0n) is 12.6. The lowest BCUT2D eigenvalue weighted by molar-refractivity contribution is 0.315. The molecule has 2 aromatic carbocycles. The van der Waals surface area contributed by atoms with Crippen molar-refractivity contribution in [2.45, 2.75) is 6.92 Å². The summed E-state index contributed by atoms with van der Waals surface area (Å²) in [6, 6.07) is 12.2. The van der Waals surface area contributed by atoms with Gasteiger partial charge in [-0.05, 0) is 47.2 Å². The van der Waals surface area contributed by atoms with E-state index >= 15 is 0 Å². The van der Waals surface area contributed by atoms with Gasteiger partial charge in [-0.3, -0.25) is 0 Å². The predicted molar refractivity (Wildman–Crippen MR) is 84.3 cm³/mol. The molecule has 0 bridgehead atoms. The molecule has 0 unspecified atom stereocenters. The fourth-order valence-electron chi connectivity index (χ4n) is 2.13. The van der Waals surface area contributed by atoms with E-state index in [1.54, 1.807) is 22.9 Å². The standard InChI is InChI=1S/C16H16FN5O/c1-12-6-7-13(22-11-19-20-21-22)10-15(12)18-8-9-23-16-5-3-2-4-14(16)17/h2-7,10-11,18H,8-9H2,1H3. The molecule has 118 valence electrons. The highest BCUT2D eigenvalue weighted by atomic mass is 19.1. The Labute approximate surface area is 132 Å². The van der Waals surface area contributed by atoms with Gasteiger partial charge in [0, 0.05) is 12.2 Å². The summed E-state index contributed by atoms with van der Waals surface area (Å²) in [6.45, 7) is 2.91. The van der Waals surface area contributed by atoms with Crippen LogP contribution in [0, 0.1) is 12.7 Å². The van der Waals surface area contributed by atoms with Crippen molar-refractivity contribution < 1.29 is 9.13 Å².